The molecule has 0 bridgehead atoms. The molecule has 0 saturated carbocycles. The number of halogens is 4. The second-order valence-electron chi connectivity index (χ2n) is 7.32. The zero-order chi connectivity index (χ0) is 21.3. The lowest BCUT2D eigenvalue weighted by atomic mass is 10.2. The van der Waals surface area contributed by atoms with E-state index in [0.717, 1.165) is 19.6 Å². The Hall–Kier alpha value is -1.34. The van der Waals surface area contributed by atoms with Gasteiger partial charge in [-0.05, 0) is 12.0 Å². The topological polar surface area (TPSA) is 71.0 Å². The van der Waals surface area contributed by atoms with Crippen molar-refractivity contribution in [2.24, 2.45) is 10.9 Å². The highest BCUT2D eigenvalue weighted by molar-refractivity contribution is 14.0. The third-order valence-corrected chi connectivity index (χ3v) is 4.24. The highest BCUT2D eigenvalue weighted by atomic mass is 127. The molecule has 0 aliphatic carbocycles. The lowest BCUT2D eigenvalue weighted by molar-refractivity contribution is -0.154. The van der Waals surface area contributed by atoms with Gasteiger partial charge >= 0.3 is 6.18 Å². The average Bonchev–Trinajstić information content (AvgIpc) is 2.66. The molecule has 0 spiro atoms. The molecule has 2 N–H and O–H groups in total. The molecular formula is C19H31F3IN5O2. The summed E-state index contributed by atoms with van der Waals surface area (Å²) in [5.41, 5.74) is 0.511. The van der Waals surface area contributed by atoms with Crippen molar-refractivity contribution in [3.63, 3.8) is 0 Å². The Bertz CT molecular complexity index is 661. The predicted octanol–water partition coefficient (Wildman–Crippen LogP) is 2.66. The number of rotatable bonds is 8. The van der Waals surface area contributed by atoms with Gasteiger partial charge in [0.25, 0.3) is 0 Å². The maximum Gasteiger partial charge on any atom is 0.422 e. The molecule has 1 atom stereocenters. The zero-order valence-corrected chi connectivity index (χ0v) is 19.9. The smallest absolute Gasteiger partial charge is 0.422 e. The van der Waals surface area contributed by atoms with Crippen LogP contribution in [0.1, 0.15) is 19.4 Å². The Kier molecular flexibility index (Phi) is 11.7. The van der Waals surface area contributed by atoms with E-state index in [1.165, 1.54) is 6.20 Å². The SMILES string of the molecule is CN=C(NCc1cccnc1OCC(F)(F)F)NCC1CN(CC(C)C)CCO1.I. The van der Waals surface area contributed by atoms with Gasteiger partial charge < -0.3 is 20.1 Å². The van der Waals surface area contributed by atoms with Gasteiger partial charge in [0.15, 0.2) is 12.6 Å². The summed E-state index contributed by atoms with van der Waals surface area (Å²) in [7, 11) is 1.63. The summed E-state index contributed by atoms with van der Waals surface area (Å²) < 4.78 is 47.8. The number of nitrogens with one attached hydrogen (secondary N) is 2. The molecule has 11 heteroatoms. The van der Waals surface area contributed by atoms with E-state index in [1.807, 2.05) is 0 Å². The van der Waals surface area contributed by atoms with Crippen LogP contribution < -0.4 is 15.4 Å². The Morgan fingerprint density at radius 3 is 2.83 bits per heavy atom. The Morgan fingerprint density at radius 2 is 2.17 bits per heavy atom. The number of aliphatic imine (C=N–C) groups is 1. The first kappa shape index (κ1) is 26.7. The number of hydrogen-bond donors (Lipinski definition) is 2. The molecule has 1 unspecified atom stereocenters. The highest BCUT2D eigenvalue weighted by Crippen LogP contribution is 2.19. The van der Waals surface area contributed by atoms with Crippen LogP contribution in [0.25, 0.3) is 0 Å². The molecule has 30 heavy (non-hydrogen) atoms. The molecule has 1 fully saturated rings. The molecule has 1 aromatic heterocycles. The summed E-state index contributed by atoms with van der Waals surface area (Å²) in [6.45, 7) is 7.33. The third kappa shape index (κ3) is 10.1. The predicted molar refractivity (Wildman–Crippen MR) is 120 cm³/mol. The van der Waals surface area contributed by atoms with Gasteiger partial charge in [0.05, 0.1) is 12.7 Å². The standard InChI is InChI=1S/C19H30F3N5O2.HI/c1-14(2)11-27-7-8-28-16(12-27)10-26-18(23-3)25-9-15-5-4-6-24-17(15)29-13-19(20,21)22;/h4-6,14,16H,7-13H2,1-3H3,(H2,23,25,26);1H. The second kappa shape index (κ2) is 13.2. The van der Waals surface area contributed by atoms with Crippen molar-refractivity contribution >= 4 is 29.9 Å². The quantitative estimate of drug-likeness (QED) is 0.298. The number of morpholine rings is 1. The van der Waals surface area contributed by atoms with Crippen LogP contribution in [0.5, 0.6) is 5.88 Å². The molecule has 0 radical (unpaired) electrons. The molecule has 2 rings (SSSR count). The minimum atomic E-state index is -4.41. The molecular weight excluding hydrogens is 514 g/mol. The zero-order valence-electron chi connectivity index (χ0n) is 17.5. The summed E-state index contributed by atoms with van der Waals surface area (Å²) in [5.74, 6) is 1.08. The molecule has 1 aliphatic heterocycles. The summed E-state index contributed by atoms with van der Waals surface area (Å²) in [4.78, 5) is 10.4. The largest absolute Gasteiger partial charge is 0.468 e. The average molecular weight is 545 g/mol. The second-order valence-corrected chi connectivity index (χ2v) is 7.32. The molecule has 1 aliphatic rings. The Labute approximate surface area is 192 Å². The summed E-state index contributed by atoms with van der Waals surface area (Å²) in [6, 6.07) is 3.31. The van der Waals surface area contributed by atoms with Crippen LogP contribution >= 0.6 is 24.0 Å². The molecule has 0 amide bonds. The van der Waals surface area contributed by atoms with E-state index in [1.54, 1.807) is 19.2 Å². The summed E-state index contributed by atoms with van der Waals surface area (Å²) in [5, 5.41) is 6.28. The maximum atomic E-state index is 12.4. The summed E-state index contributed by atoms with van der Waals surface area (Å²) in [6.07, 6.45) is -2.97. The number of ether oxygens (including phenoxy) is 2. The van der Waals surface area contributed by atoms with Gasteiger partial charge in [-0.1, -0.05) is 19.9 Å². The van der Waals surface area contributed by atoms with Crippen LogP contribution in [0.2, 0.25) is 0 Å². The monoisotopic (exact) mass is 545 g/mol. The Balaban J connectivity index is 0.00000450. The van der Waals surface area contributed by atoms with Crippen LogP contribution in [-0.4, -0.2) is 74.6 Å². The van der Waals surface area contributed by atoms with Gasteiger partial charge in [0, 0.05) is 51.5 Å². The van der Waals surface area contributed by atoms with Crippen molar-refractivity contribution in [3.05, 3.63) is 23.9 Å². The van der Waals surface area contributed by atoms with Crippen LogP contribution in [0.3, 0.4) is 0 Å². The number of nitrogens with zero attached hydrogens (tertiary/aromatic N) is 3. The first-order valence-corrected chi connectivity index (χ1v) is 9.68. The van der Waals surface area contributed by atoms with Crippen molar-refractivity contribution in [3.8, 4) is 5.88 Å². The molecule has 7 nitrogen and oxygen atoms in total. The fraction of sp³-hybridized carbons (Fsp3) is 0.684. The van der Waals surface area contributed by atoms with E-state index in [-0.39, 0.29) is 42.5 Å². The molecule has 172 valence electrons. The van der Waals surface area contributed by atoms with Gasteiger partial charge in [0.2, 0.25) is 5.88 Å². The minimum Gasteiger partial charge on any atom is -0.468 e. The van der Waals surface area contributed by atoms with Crippen molar-refractivity contribution in [2.75, 3.05) is 46.4 Å². The van der Waals surface area contributed by atoms with E-state index < -0.39 is 12.8 Å². The molecule has 1 aromatic rings. The first-order chi connectivity index (χ1) is 13.8. The highest BCUT2D eigenvalue weighted by Gasteiger charge is 2.29. The van der Waals surface area contributed by atoms with Crippen molar-refractivity contribution in [2.45, 2.75) is 32.7 Å². The van der Waals surface area contributed by atoms with Crippen molar-refractivity contribution in [1.29, 1.82) is 0 Å². The molecule has 2 heterocycles. The molecule has 1 saturated heterocycles. The summed E-state index contributed by atoms with van der Waals surface area (Å²) >= 11 is 0. The molecule has 0 aromatic carbocycles. The van der Waals surface area contributed by atoms with Crippen LogP contribution in [0, 0.1) is 5.92 Å². The minimum absolute atomic E-state index is 0. The van der Waals surface area contributed by atoms with Crippen molar-refractivity contribution < 1.29 is 22.6 Å². The third-order valence-electron chi connectivity index (χ3n) is 4.24. The maximum absolute atomic E-state index is 12.4. The number of hydrogen-bond acceptors (Lipinski definition) is 5. The first-order valence-electron chi connectivity index (χ1n) is 9.68. The van der Waals surface area contributed by atoms with Crippen LogP contribution in [0.15, 0.2) is 23.3 Å². The van der Waals surface area contributed by atoms with Gasteiger partial charge in [-0.2, -0.15) is 13.2 Å². The van der Waals surface area contributed by atoms with Crippen molar-refractivity contribution in [1.82, 2.24) is 20.5 Å². The lowest BCUT2D eigenvalue weighted by Crippen LogP contribution is -2.50. The van der Waals surface area contributed by atoms with E-state index in [4.69, 9.17) is 9.47 Å². The number of pyridine rings is 1. The van der Waals surface area contributed by atoms with Crippen LogP contribution in [-0.2, 0) is 11.3 Å². The van der Waals surface area contributed by atoms with Gasteiger partial charge in [-0.25, -0.2) is 4.98 Å². The number of guanidine groups is 1. The van der Waals surface area contributed by atoms with Gasteiger partial charge in [0.1, 0.15) is 0 Å². The number of aromatic nitrogens is 1. The fourth-order valence-electron chi connectivity index (χ4n) is 3.04. The van der Waals surface area contributed by atoms with Gasteiger partial charge in [-0.15, -0.1) is 24.0 Å². The number of alkyl halides is 3. The van der Waals surface area contributed by atoms with E-state index in [2.05, 4.69) is 39.4 Å². The van der Waals surface area contributed by atoms with E-state index in [9.17, 15) is 13.2 Å². The van der Waals surface area contributed by atoms with E-state index >= 15 is 0 Å². The van der Waals surface area contributed by atoms with Gasteiger partial charge in [-0.3, -0.25) is 9.89 Å². The van der Waals surface area contributed by atoms with E-state index in [0.29, 0.717) is 30.6 Å². The lowest BCUT2D eigenvalue weighted by Gasteiger charge is -2.34. The normalized spacial score (nSPS) is 18.1. The van der Waals surface area contributed by atoms with Crippen LogP contribution in [0.4, 0.5) is 13.2 Å². The fourth-order valence-corrected chi connectivity index (χ4v) is 3.04. The Morgan fingerprint density at radius 1 is 1.40 bits per heavy atom.